The first-order valence-electron chi connectivity index (χ1n) is 7.94. The first-order chi connectivity index (χ1) is 12.7. The summed E-state index contributed by atoms with van der Waals surface area (Å²) in [6, 6.07) is 11.3. The predicted molar refractivity (Wildman–Crippen MR) is 99.6 cm³/mol. The van der Waals surface area contributed by atoms with E-state index < -0.39 is 0 Å². The minimum absolute atomic E-state index is 0.172. The van der Waals surface area contributed by atoms with Gasteiger partial charge in [0.05, 0.1) is 10.7 Å². The predicted octanol–water partition coefficient (Wildman–Crippen LogP) is 4.55. The van der Waals surface area contributed by atoms with Gasteiger partial charge in [-0.05, 0) is 30.7 Å². The van der Waals surface area contributed by atoms with Gasteiger partial charge in [-0.3, -0.25) is 0 Å². The molecule has 0 fully saturated rings. The Bertz CT molecular complexity index is 1050. The molecule has 1 aromatic carbocycles. The van der Waals surface area contributed by atoms with Crippen LogP contribution < -0.4 is 4.74 Å². The van der Waals surface area contributed by atoms with Crippen molar-refractivity contribution in [1.29, 1.82) is 0 Å². The molecule has 0 radical (unpaired) electrons. The van der Waals surface area contributed by atoms with Gasteiger partial charge in [0.2, 0.25) is 0 Å². The molecule has 0 aliphatic rings. The van der Waals surface area contributed by atoms with Crippen LogP contribution in [-0.2, 0) is 12.4 Å². The number of para-hydroxylation sites is 1. The van der Waals surface area contributed by atoms with Gasteiger partial charge in [-0.15, -0.1) is 10.2 Å². The van der Waals surface area contributed by atoms with Crippen molar-refractivity contribution in [3.63, 3.8) is 0 Å². The lowest BCUT2D eigenvalue weighted by Crippen LogP contribution is -1.95. The molecular weight excluding hydrogens is 372 g/mol. The first kappa shape index (κ1) is 16.9. The summed E-state index contributed by atoms with van der Waals surface area (Å²) < 4.78 is 13.2. The number of thioether (sulfide) groups is 1. The maximum absolute atomic E-state index is 6.05. The zero-order chi connectivity index (χ0) is 17.9. The van der Waals surface area contributed by atoms with E-state index in [1.807, 2.05) is 41.1 Å². The third-order valence-corrected chi connectivity index (χ3v) is 4.79. The van der Waals surface area contributed by atoms with Crippen LogP contribution in [0.1, 0.15) is 17.1 Å². The summed E-state index contributed by atoms with van der Waals surface area (Å²) in [4.78, 5) is 4.57. The molecule has 0 bridgehead atoms. The number of imidazole rings is 1. The highest BCUT2D eigenvalue weighted by molar-refractivity contribution is 7.98. The number of fused-ring (bicyclic) bond motifs is 1. The minimum atomic E-state index is 0.172. The van der Waals surface area contributed by atoms with E-state index in [1.54, 1.807) is 12.1 Å². The van der Waals surface area contributed by atoms with Crippen LogP contribution in [0.4, 0.5) is 0 Å². The second-order valence-electron chi connectivity index (χ2n) is 5.67. The van der Waals surface area contributed by atoms with Gasteiger partial charge in [0.25, 0.3) is 11.1 Å². The molecule has 0 atom stereocenters. The van der Waals surface area contributed by atoms with E-state index >= 15 is 0 Å². The largest absolute Gasteiger partial charge is 0.482 e. The van der Waals surface area contributed by atoms with Gasteiger partial charge in [-0.25, -0.2) is 4.98 Å². The van der Waals surface area contributed by atoms with E-state index in [2.05, 4.69) is 22.1 Å². The number of aryl methyl sites for hydroxylation is 1. The third kappa shape index (κ3) is 3.84. The Balaban J connectivity index is 1.36. The van der Waals surface area contributed by atoms with E-state index in [-0.39, 0.29) is 6.61 Å². The molecule has 0 saturated heterocycles. The number of hydrogen-bond donors (Lipinski definition) is 0. The average Bonchev–Trinajstić information content (AvgIpc) is 3.25. The smallest absolute Gasteiger partial charge is 0.277 e. The third-order valence-electron chi connectivity index (χ3n) is 3.63. The summed E-state index contributed by atoms with van der Waals surface area (Å²) in [6.07, 6.45) is 4.06. The zero-order valence-electron chi connectivity index (χ0n) is 13.9. The Morgan fingerprint density at radius 2 is 2.04 bits per heavy atom. The summed E-state index contributed by atoms with van der Waals surface area (Å²) in [7, 11) is 0. The summed E-state index contributed by atoms with van der Waals surface area (Å²) in [5.74, 6) is 1.63. The van der Waals surface area contributed by atoms with Crippen molar-refractivity contribution in [1.82, 2.24) is 19.6 Å². The second kappa shape index (κ2) is 7.39. The average molecular weight is 387 g/mol. The topological polar surface area (TPSA) is 65.5 Å². The summed E-state index contributed by atoms with van der Waals surface area (Å²) in [5, 5.41) is 9.06. The molecule has 6 nitrogen and oxygen atoms in total. The number of hydrogen-bond acceptors (Lipinski definition) is 6. The van der Waals surface area contributed by atoms with Gasteiger partial charge in [0, 0.05) is 18.1 Å². The van der Waals surface area contributed by atoms with Crippen LogP contribution in [0.2, 0.25) is 5.02 Å². The SMILES string of the molecule is Cc1ccc2nc(CSc3nnc(COc4ccccc4Cl)o3)cn2c1. The Hall–Kier alpha value is -2.51. The lowest BCUT2D eigenvalue weighted by molar-refractivity contribution is 0.252. The monoisotopic (exact) mass is 386 g/mol. The zero-order valence-corrected chi connectivity index (χ0v) is 15.5. The number of rotatable bonds is 6. The molecule has 0 N–H and O–H groups in total. The standard InChI is InChI=1S/C18H15ClN4O2S/c1-12-6-7-16-20-13(9-23(16)8-12)11-26-18-22-21-17(25-18)10-24-15-5-3-2-4-14(15)19/h2-9H,10-11H2,1H3. The Morgan fingerprint density at radius 1 is 1.15 bits per heavy atom. The lowest BCUT2D eigenvalue weighted by Gasteiger charge is -2.04. The number of benzene rings is 1. The molecule has 8 heteroatoms. The maximum atomic E-state index is 6.05. The van der Waals surface area contributed by atoms with Crippen molar-refractivity contribution in [3.8, 4) is 5.75 Å². The van der Waals surface area contributed by atoms with Crippen molar-refractivity contribution < 1.29 is 9.15 Å². The fraction of sp³-hybridized carbons (Fsp3) is 0.167. The molecule has 0 aliphatic heterocycles. The van der Waals surface area contributed by atoms with Crippen molar-refractivity contribution in [2.45, 2.75) is 24.5 Å². The molecule has 0 saturated carbocycles. The van der Waals surface area contributed by atoms with Crippen molar-refractivity contribution in [3.05, 3.63) is 71.0 Å². The van der Waals surface area contributed by atoms with Crippen LogP contribution in [0, 0.1) is 6.92 Å². The first-order valence-corrected chi connectivity index (χ1v) is 9.30. The molecule has 0 spiro atoms. The molecule has 3 heterocycles. The van der Waals surface area contributed by atoms with Crippen LogP contribution >= 0.6 is 23.4 Å². The van der Waals surface area contributed by atoms with Crippen molar-refractivity contribution >= 4 is 29.0 Å². The Labute approximate surface area is 159 Å². The fourth-order valence-electron chi connectivity index (χ4n) is 2.42. The maximum Gasteiger partial charge on any atom is 0.277 e. The summed E-state index contributed by atoms with van der Waals surface area (Å²) in [5.41, 5.74) is 3.06. The Kier molecular flexibility index (Phi) is 4.81. The highest BCUT2D eigenvalue weighted by Gasteiger charge is 2.10. The molecule has 4 aromatic rings. The normalized spacial score (nSPS) is 11.2. The molecule has 3 aromatic heterocycles. The Morgan fingerprint density at radius 3 is 2.92 bits per heavy atom. The number of halogens is 1. The van der Waals surface area contributed by atoms with E-state index in [0.717, 1.165) is 11.3 Å². The van der Waals surface area contributed by atoms with Gasteiger partial charge in [-0.1, -0.05) is 41.6 Å². The van der Waals surface area contributed by atoms with Gasteiger partial charge in [0.15, 0.2) is 6.61 Å². The van der Waals surface area contributed by atoms with Crippen LogP contribution in [0.15, 0.2) is 58.4 Å². The van der Waals surface area contributed by atoms with Crippen molar-refractivity contribution in [2.24, 2.45) is 0 Å². The number of aromatic nitrogens is 4. The summed E-state index contributed by atoms with van der Waals surface area (Å²) in [6.45, 7) is 2.23. The molecular formula is C18H15ClN4O2S. The molecule has 26 heavy (non-hydrogen) atoms. The quantitative estimate of drug-likeness (QED) is 0.453. The number of nitrogens with zero attached hydrogens (tertiary/aromatic N) is 4. The van der Waals surface area contributed by atoms with E-state index in [9.17, 15) is 0 Å². The van der Waals surface area contributed by atoms with Gasteiger partial charge >= 0.3 is 0 Å². The van der Waals surface area contributed by atoms with E-state index in [0.29, 0.717) is 27.6 Å². The van der Waals surface area contributed by atoms with Gasteiger partial charge in [0.1, 0.15) is 11.4 Å². The van der Waals surface area contributed by atoms with Crippen LogP contribution in [-0.4, -0.2) is 19.6 Å². The van der Waals surface area contributed by atoms with Crippen LogP contribution in [0.5, 0.6) is 5.75 Å². The van der Waals surface area contributed by atoms with E-state index in [4.69, 9.17) is 20.8 Å². The molecule has 0 amide bonds. The van der Waals surface area contributed by atoms with E-state index in [1.165, 1.54) is 17.3 Å². The van der Waals surface area contributed by atoms with Crippen molar-refractivity contribution in [2.75, 3.05) is 0 Å². The molecule has 0 aliphatic carbocycles. The van der Waals surface area contributed by atoms with Crippen LogP contribution in [0.3, 0.4) is 0 Å². The minimum Gasteiger partial charge on any atom is -0.482 e. The highest BCUT2D eigenvalue weighted by Crippen LogP contribution is 2.25. The molecule has 4 rings (SSSR count). The lowest BCUT2D eigenvalue weighted by atomic mass is 10.3. The molecule has 0 unspecified atom stereocenters. The van der Waals surface area contributed by atoms with Crippen LogP contribution in [0.25, 0.3) is 5.65 Å². The molecule has 132 valence electrons. The summed E-state index contributed by atoms with van der Waals surface area (Å²) >= 11 is 7.49. The number of pyridine rings is 1. The number of ether oxygens (including phenoxy) is 1. The second-order valence-corrected chi connectivity index (χ2v) is 7.01. The fourth-order valence-corrected chi connectivity index (χ4v) is 3.27. The van der Waals surface area contributed by atoms with Gasteiger partial charge in [-0.2, -0.15) is 0 Å². The van der Waals surface area contributed by atoms with Gasteiger partial charge < -0.3 is 13.6 Å². The highest BCUT2D eigenvalue weighted by atomic mass is 35.5.